The highest BCUT2D eigenvalue weighted by molar-refractivity contribution is 6.02. The quantitative estimate of drug-likeness (QED) is 0.296. The molecule has 0 bridgehead atoms. The average molecular weight is 437 g/mol. The lowest BCUT2D eigenvalue weighted by atomic mass is 9.88. The number of hydrogen-bond acceptors (Lipinski definition) is 4. The number of rotatable bonds is 4. The highest BCUT2D eigenvalue weighted by atomic mass is 14.6. The Hall–Kier alpha value is -4.70. The first-order valence-electron chi connectivity index (χ1n) is 11.1. The maximum absolute atomic E-state index is 4.21. The fourth-order valence-electron chi connectivity index (χ4n) is 4.43. The van der Waals surface area contributed by atoms with Crippen LogP contribution in [0.15, 0.2) is 122 Å². The lowest BCUT2D eigenvalue weighted by Gasteiger charge is -2.16. The number of hydrogen-bond donors (Lipinski definition) is 0. The second-order valence-electron chi connectivity index (χ2n) is 8.09. The summed E-state index contributed by atoms with van der Waals surface area (Å²) < 4.78 is 0. The van der Waals surface area contributed by atoms with Crippen LogP contribution in [-0.4, -0.2) is 19.9 Å². The first kappa shape index (κ1) is 19.9. The van der Waals surface area contributed by atoms with Gasteiger partial charge in [0.25, 0.3) is 0 Å². The molecular formula is C30H20N4. The molecule has 4 nitrogen and oxygen atoms in total. The third-order valence-corrected chi connectivity index (χ3v) is 6.08. The van der Waals surface area contributed by atoms with E-state index in [1.165, 1.54) is 33.0 Å². The van der Waals surface area contributed by atoms with E-state index < -0.39 is 0 Å². The SMILES string of the molecule is c1cc(-c2cc3cc(-c4ccncc4)c(-c4ccncc4)cc3cc2-c2ccncc2)ccn1. The van der Waals surface area contributed by atoms with E-state index in [0.29, 0.717) is 0 Å². The van der Waals surface area contributed by atoms with Crippen LogP contribution in [0, 0.1) is 0 Å². The first-order valence-corrected chi connectivity index (χ1v) is 11.1. The Kier molecular flexibility index (Phi) is 5.09. The lowest BCUT2D eigenvalue weighted by molar-refractivity contribution is 1.32. The Morgan fingerprint density at radius 3 is 0.706 bits per heavy atom. The Balaban J connectivity index is 1.67. The van der Waals surface area contributed by atoms with E-state index >= 15 is 0 Å². The van der Waals surface area contributed by atoms with Crippen molar-refractivity contribution < 1.29 is 0 Å². The molecule has 6 rings (SSSR count). The largest absolute Gasteiger partial charge is 0.265 e. The van der Waals surface area contributed by atoms with Gasteiger partial charge in [0.05, 0.1) is 0 Å². The molecule has 4 heterocycles. The van der Waals surface area contributed by atoms with Crippen molar-refractivity contribution in [3.63, 3.8) is 0 Å². The van der Waals surface area contributed by atoms with Crippen molar-refractivity contribution in [2.45, 2.75) is 0 Å². The van der Waals surface area contributed by atoms with Crippen LogP contribution < -0.4 is 0 Å². The van der Waals surface area contributed by atoms with Gasteiger partial charge in [0, 0.05) is 49.6 Å². The molecule has 0 aliphatic carbocycles. The second-order valence-corrected chi connectivity index (χ2v) is 8.09. The third kappa shape index (κ3) is 3.71. The van der Waals surface area contributed by atoms with E-state index in [2.05, 4.69) is 92.7 Å². The van der Waals surface area contributed by atoms with Crippen molar-refractivity contribution in [1.82, 2.24) is 19.9 Å². The average Bonchev–Trinajstić information content (AvgIpc) is 2.93. The highest BCUT2D eigenvalue weighted by Gasteiger charge is 2.14. The van der Waals surface area contributed by atoms with Crippen LogP contribution in [0.2, 0.25) is 0 Å². The number of nitrogens with zero attached hydrogens (tertiary/aromatic N) is 4. The Bertz CT molecular complexity index is 1330. The molecule has 0 saturated heterocycles. The fourth-order valence-corrected chi connectivity index (χ4v) is 4.43. The predicted molar refractivity (Wildman–Crippen MR) is 137 cm³/mol. The molecule has 0 aliphatic rings. The van der Waals surface area contributed by atoms with E-state index in [1.807, 2.05) is 49.6 Å². The van der Waals surface area contributed by atoms with Crippen LogP contribution in [0.5, 0.6) is 0 Å². The summed E-state index contributed by atoms with van der Waals surface area (Å²) in [6, 6.07) is 25.6. The van der Waals surface area contributed by atoms with Gasteiger partial charge in [0.1, 0.15) is 0 Å². The van der Waals surface area contributed by atoms with Gasteiger partial charge in [0.2, 0.25) is 0 Å². The first-order chi connectivity index (χ1) is 16.9. The van der Waals surface area contributed by atoms with Gasteiger partial charge in [-0.05, 0) is 128 Å². The topological polar surface area (TPSA) is 51.6 Å². The predicted octanol–water partition coefficient (Wildman–Crippen LogP) is 7.09. The van der Waals surface area contributed by atoms with Gasteiger partial charge < -0.3 is 0 Å². The van der Waals surface area contributed by atoms with Gasteiger partial charge in [0.15, 0.2) is 0 Å². The molecule has 0 aliphatic heterocycles. The molecule has 0 N–H and O–H groups in total. The van der Waals surface area contributed by atoms with Crippen LogP contribution in [0.25, 0.3) is 55.3 Å². The maximum Gasteiger partial charge on any atom is 0.0273 e. The van der Waals surface area contributed by atoms with Crippen LogP contribution in [-0.2, 0) is 0 Å². The van der Waals surface area contributed by atoms with Gasteiger partial charge in [-0.3, -0.25) is 19.9 Å². The van der Waals surface area contributed by atoms with Gasteiger partial charge in [-0.2, -0.15) is 0 Å². The number of pyridine rings is 4. The van der Waals surface area contributed by atoms with Crippen molar-refractivity contribution in [2.24, 2.45) is 0 Å². The molecule has 0 saturated carbocycles. The van der Waals surface area contributed by atoms with Crippen molar-refractivity contribution >= 4 is 10.8 Å². The number of benzene rings is 2. The molecule has 0 fully saturated rings. The normalized spacial score (nSPS) is 10.9. The minimum Gasteiger partial charge on any atom is -0.265 e. The number of fused-ring (bicyclic) bond motifs is 1. The second kappa shape index (κ2) is 8.68. The summed E-state index contributed by atoms with van der Waals surface area (Å²) in [7, 11) is 0. The molecule has 0 spiro atoms. The smallest absolute Gasteiger partial charge is 0.0273 e. The monoisotopic (exact) mass is 436 g/mol. The van der Waals surface area contributed by atoms with E-state index in [9.17, 15) is 0 Å². The molecule has 2 aromatic carbocycles. The molecule has 34 heavy (non-hydrogen) atoms. The minimum absolute atomic E-state index is 1.13. The summed E-state index contributed by atoms with van der Waals surface area (Å²) in [5.41, 5.74) is 9.19. The maximum atomic E-state index is 4.21. The fraction of sp³-hybridized carbons (Fsp3) is 0. The Labute approximate surface area is 197 Å². The molecule has 160 valence electrons. The standard InChI is InChI=1S/C30H20N4/c1-9-31-10-2-21(1)27-17-25-19-29(23-5-13-33-14-6-23)30(24-7-15-34-16-8-24)20-26(25)18-28(27)22-3-11-32-12-4-22/h1-20H. The van der Waals surface area contributed by atoms with E-state index in [1.54, 1.807) is 0 Å². The van der Waals surface area contributed by atoms with Crippen molar-refractivity contribution in [1.29, 1.82) is 0 Å². The van der Waals surface area contributed by atoms with Gasteiger partial charge in [-0.1, -0.05) is 0 Å². The zero-order valence-electron chi connectivity index (χ0n) is 18.3. The third-order valence-electron chi connectivity index (χ3n) is 6.08. The summed E-state index contributed by atoms with van der Waals surface area (Å²) in [4.78, 5) is 16.9. The number of aromatic nitrogens is 4. The molecule has 0 unspecified atom stereocenters. The highest BCUT2D eigenvalue weighted by Crippen LogP contribution is 2.40. The molecule has 0 radical (unpaired) electrons. The van der Waals surface area contributed by atoms with Gasteiger partial charge >= 0.3 is 0 Å². The van der Waals surface area contributed by atoms with Crippen LogP contribution in [0.1, 0.15) is 0 Å². The molecule has 0 amide bonds. The zero-order valence-corrected chi connectivity index (χ0v) is 18.3. The van der Waals surface area contributed by atoms with Crippen LogP contribution >= 0.6 is 0 Å². The van der Waals surface area contributed by atoms with Crippen molar-refractivity contribution in [3.05, 3.63) is 122 Å². The molecule has 4 heteroatoms. The van der Waals surface area contributed by atoms with Crippen molar-refractivity contribution in [3.8, 4) is 44.5 Å². The molecule has 0 atom stereocenters. The summed E-state index contributed by atoms with van der Waals surface area (Å²) >= 11 is 0. The van der Waals surface area contributed by atoms with E-state index in [4.69, 9.17) is 0 Å². The van der Waals surface area contributed by atoms with Crippen molar-refractivity contribution in [2.75, 3.05) is 0 Å². The molecule has 4 aromatic heterocycles. The summed E-state index contributed by atoms with van der Waals surface area (Å²) in [6.07, 6.45) is 14.7. The Morgan fingerprint density at radius 2 is 0.500 bits per heavy atom. The lowest BCUT2D eigenvalue weighted by Crippen LogP contribution is -1.91. The van der Waals surface area contributed by atoms with Gasteiger partial charge in [-0.25, -0.2) is 0 Å². The minimum atomic E-state index is 1.13. The molecule has 6 aromatic rings. The summed E-state index contributed by atoms with van der Waals surface area (Å²) in [5, 5.41) is 2.35. The summed E-state index contributed by atoms with van der Waals surface area (Å²) in [6.45, 7) is 0. The summed E-state index contributed by atoms with van der Waals surface area (Å²) in [5.74, 6) is 0. The van der Waals surface area contributed by atoms with Crippen LogP contribution in [0.4, 0.5) is 0 Å². The van der Waals surface area contributed by atoms with Crippen LogP contribution in [0.3, 0.4) is 0 Å². The molecular weight excluding hydrogens is 416 g/mol. The zero-order chi connectivity index (χ0) is 22.7. The van der Waals surface area contributed by atoms with E-state index in [-0.39, 0.29) is 0 Å². The van der Waals surface area contributed by atoms with E-state index in [0.717, 1.165) is 22.3 Å². The van der Waals surface area contributed by atoms with Gasteiger partial charge in [-0.15, -0.1) is 0 Å². The Morgan fingerprint density at radius 1 is 0.294 bits per heavy atom.